The van der Waals surface area contributed by atoms with Crippen LogP contribution >= 0.6 is 0 Å². The number of esters is 1. The van der Waals surface area contributed by atoms with Crippen molar-refractivity contribution >= 4 is 40.7 Å². The van der Waals surface area contributed by atoms with Crippen molar-refractivity contribution < 1.29 is 14.6 Å². The maximum Gasteiger partial charge on any atom is 2.00 e. The van der Waals surface area contributed by atoms with Crippen molar-refractivity contribution in [2.24, 2.45) is 23.7 Å². The van der Waals surface area contributed by atoms with Crippen LogP contribution in [0.3, 0.4) is 0 Å². The Hall–Kier alpha value is -2.42. The van der Waals surface area contributed by atoms with Crippen molar-refractivity contribution in [3.63, 3.8) is 0 Å². The van der Waals surface area contributed by atoms with Crippen molar-refractivity contribution in [2.45, 2.75) is 85.9 Å². The summed E-state index contributed by atoms with van der Waals surface area (Å²) in [6.45, 7) is 15.1. The maximum absolute atomic E-state index is 13.1. The molecule has 1 aromatic heterocycles. The molecule has 0 spiro atoms. The zero-order chi connectivity index (χ0) is 28.6. The van der Waals surface area contributed by atoms with Crippen LogP contribution in [0.2, 0.25) is 0 Å². The number of hydrogen-bond donors (Lipinski definition) is 1. The first kappa shape index (κ1) is 30.0. The van der Waals surface area contributed by atoms with Crippen LogP contribution < -0.4 is 4.98 Å². The molecule has 0 aromatic carbocycles. The van der Waals surface area contributed by atoms with Crippen molar-refractivity contribution in [1.82, 2.24) is 4.98 Å². The van der Waals surface area contributed by atoms with E-state index >= 15 is 0 Å². The number of nitrogens with zero attached hydrogens (tertiary/aromatic N) is 4. The van der Waals surface area contributed by atoms with E-state index in [0.29, 0.717) is 22.7 Å². The van der Waals surface area contributed by atoms with Gasteiger partial charge in [0.1, 0.15) is 5.92 Å². The Bertz CT molecular complexity index is 1440. The monoisotopic (exact) mass is 564 g/mol. The van der Waals surface area contributed by atoms with E-state index in [1.54, 1.807) is 0 Å². The zero-order valence-corrected chi connectivity index (χ0v) is 27.0. The van der Waals surface area contributed by atoms with E-state index < -0.39 is 18.0 Å². The summed E-state index contributed by atoms with van der Waals surface area (Å²) in [7, 11) is 1.37. The van der Waals surface area contributed by atoms with Crippen molar-refractivity contribution in [1.29, 1.82) is 0 Å². The average Bonchev–Trinajstić information content (AvgIpc) is 3.66. The van der Waals surface area contributed by atoms with E-state index in [1.807, 2.05) is 6.92 Å². The SMILES string of the molecule is CCC1=C(C)C2CC3[N-]C(=C(C)[C@H]3CC)/C=C3\[N-]/C(=C4\c5[n-]c(c(C)c5[C@H](O)[C@@H]4C(=O)OC)/C=C/1[N-]2)[C@@H](C)[C@@H]3C.[Mg+2]. The third-order valence-corrected chi connectivity index (χ3v) is 10.2. The normalized spacial score (nSPS) is 36.2. The Kier molecular flexibility index (Phi) is 8.07. The molecule has 0 saturated carbocycles. The van der Waals surface area contributed by atoms with E-state index in [4.69, 9.17) is 25.7 Å². The molecule has 1 saturated heterocycles. The molecular formula is C33H40MgN4O3-2. The van der Waals surface area contributed by atoms with E-state index in [9.17, 15) is 9.90 Å². The van der Waals surface area contributed by atoms with Gasteiger partial charge in [0.15, 0.2) is 0 Å². The number of rotatable bonds is 3. The number of aromatic nitrogens is 1. The van der Waals surface area contributed by atoms with E-state index in [1.165, 1.54) is 23.8 Å². The summed E-state index contributed by atoms with van der Waals surface area (Å²) in [6.07, 6.45) is 6.00. The molecule has 7 nitrogen and oxygen atoms in total. The minimum absolute atomic E-state index is 0. The molecule has 8 heteroatoms. The molecule has 214 valence electrons. The van der Waals surface area contributed by atoms with Crippen LogP contribution in [0.1, 0.15) is 89.4 Å². The van der Waals surface area contributed by atoms with Gasteiger partial charge in [-0.25, -0.2) is 0 Å². The van der Waals surface area contributed by atoms with Gasteiger partial charge in [-0.05, 0) is 50.5 Å². The van der Waals surface area contributed by atoms with Crippen LogP contribution in [0.4, 0.5) is 0 Å². The number of aliphatic hydroxyl groups is 1. The summed E-state index contributed by atoms with van der Waals surface area (Å²) < 4.78 is 5.19. The zero-order valence-electron chi connectivity index (χ0n) is 25.6. The summed E-state index contributed by atoms with van der Waals surface area (Å²) in [4.78, 5) is 18.2. The number of fused-ring (bicyclic) bond motifs is 7. The van der Waals surface area contributed by atoms with Crippen molar-refractivity contribution in [2.75, 3.05) is 7.11 Å². The minimum atomic E-state index is -1.04. The van der Waals surface area contributed by atoms with Gasteiger partial charge in [-0.1, -0.05) is 86.6 Å². The predicted octanol–water partition coefficient (Wildman–Crippen LogP) is 6.95. The summed E-state index contributed by atoms with van der Waals surface area (Å²) in [5.74, 6) is -0.757. The minimum Gasteiger partial charge on any atom is -0.681 e. The average molecular weight is 565 g/mol. The summed E-state index contributed by atoms with van der Waals surface area (Å²) >= 11 is 0. The van der Waals surface area contributed by atoms with Gasteiger partial charge in [-0.15, -0.1) is 28.8 Å². The Morgan fingerprint density at radius 3 is 2.46 bits per heavy atom. The molecule has 2 unspecified atom stereocenters. The number of carbonyl (C=O) groups excluding carboxylic acids is 1. The summed E-state index contributed by atoms with van der Waals surface area (Å²) in [5.41, 5.74) is 11.4. The second-order valence-corrected chi connectivity index (χ2v) is 12.1. The van der Waals surface area contributed by atoms with Gasteiger partial charge < -0.3 is 30.8 Å². The summed E-state index contributed by atoms with van der Waals surface area (Å²) in [5, 5.41) is 27.2. The molecule has 0 amide bonds. The topological polar surface area (TPSA) is 103 Å². The number of hydrogen-bond acceptors (Lipinski definition) is 3. The first-order valence-corrected chi connectivity index (χ1v) is 14.8. The Labute approximate surface area is 260 Å². The van der Waals surface area contributed by atoms with Crippen LogP contribution in [0.25, 0.3) is 27.6 Å². The van der Waals surface area contributed by atoms with Gasteiger partial charge in [-0.3, -0.25) is 4.79 Å². The molecule has 1 aromatic rings. The molecule has 0 radical (unpaired) electrons. The van der Waals surface area contributed by atoms with Gasteiger partial charge in [0, 0.05) is 0 Å². The van der Waals surface area contributed by atoms with Gasteiger partial charge in [0.25, 0.3) is 0 Å². The van der Waals surface area contributed by atoms with Crippen molar-refractivity contribution in [3.8, 4) is 0 Å². The third kappa shape index (κ3) is 4.43. The molecule has 1 fully saturated rings. The van der Waals surface area contributed by atoms with Crippen LogP contribution in [-0.4, -0.2) is 53.3 Å². The fourth-order valence-corrected chi connectivity index (χ4v) is 7.57. The largest absolute Gasteiger partial charge is 2.00 e. The number of ether oxygens (including phenoxy) is 1. The van der Waals surface area contributed by atoms with Crippen molar-refractivity contribution in [3.05, 3.63) is 84.0 Å². The quantitative estimate of drug-likeness (QED) is 0.317. The number of allylic oxidation sites excluding steroid dienone is 4. The smallest absolute Gasteiger partial charge is 0.681 e. The predicted molar refractivity (Wildman–Crippen MR) is 164 cm³/mol. The Morgan fingerprint density at radius 1 is 1.07 bits per heavy atom. The molecular weight excluding hydrogens is 525 g/mol. The second kappa shape index (κ2) is 11.0. The summed E-state index contributed by atoms with van der Waals surface area (Å²) in [6, 6.07) is 0.269. The third-order valence-electron chi connectivity index (χ3n) is 10.2. The van der Waals surface area contributed by atoms with Crippen LogP contribution in [0, 0.1) is 30.6 Å². The number of methoxy groups -OCH3 is 1. The fourth-order valence-electron chi connectivity index (χ4n) is 7.57. The van der Waals surface area contributed by atoms with Gasteiger partial charge in [0.05, 0.1) is 13.2 Å². The van der Waals surface area contributed by atoms with E-state index in [2.05, 4.69) is 53.7 Å². The van der Waals surface area contributed by atoms with Gasteiger partial charge >= 0.3 is 29.0 Å². The Balaban J connectivity index is 0.00000337. The standard InChI is InChI=1S/C33H40N4O3.Mg/c1-9-19-16(5)22-11-21-14(3)15(4)30(36-21)28-29(33(39)40-8)32(38)27-18(7)24(37-31(27)28)13-26-20(10-2)17(6)23(35-26)12-25(19)34-22;/h11,13-15,19,23,25,29,32,38H,9-10,12H2,1-8H3;/q-4;+2/b21-11-,26-13-,30-28-;/t14-,15-,19+,23?,25?,29+,32-;/m0./s1. The molecule has 7 atom stereocenters. The van der Waals surface area contributed by atoms with E-state index in [0.717, 1.165) is 53.3 Å². The van der Waals surface area contributed by atoms with E-state index in [-0.39, 0.29) is 47.0 Å². The van der Waals surface area contributed by atoms with Crippen LogP contribution in [0.15, 0.2) is 45.6 Å². The fraction of sp³-hybridized carbons (Fsp3) is 0.545. The maximum atomic E-state index is 13.1. The number of carbonyl (C=O) groups is 1. The first-order valence-electron chi connectivity index (χ1n) is 14.8. The molecule has 8 bridgehead atoms. The molecule has 6 rings (SSSR count). The molecule has 1 N–H and O–H groups in total. The molecule has 41 heavy (non-hydrogen) atoms. The molecule has 5 aliphatic rings. The second-order valence-electron chi connectivity index (χ2n) is 12.1. The molecule has 5 heterocycles. The van der Waals surface area contributed by atoms with Gasteiger partial charge in [0.2, 0.25) is 0 Å². The number of aliphatic hydroxyl groups excluding tert-OH is 1. The van der Waals surface area contributed by atoms with Crippen LogP contribution in [-0.2, 0) is 9.53 Å². The first-order chi connectivity index (χ1) is 19.1. The Morgan fingerprint density at radius 2 is 1.80 bits per heavy atom. The molecule has 1 aliphatic carbocycles. The van der Waals surface area contributed by atoms with Gasteiger partial charge in [-0.2, -0.15) is 11.4 Å². The molecule has 4 aliphatic heterocycles. The van der Waals surface area contributed by atoms with Crippen LogP contribution in [0.5, 0.6) is 0 Å².